The van der Waals surface area contributed by atoms with Gasteiger partial charge in [-0.25, -0.2) is 4.79 Å². The Balaban J connectivity index is 2.40. The molecule has 2 unspecified atom stereocenters. The van der Waals surface area contributed by atoms with Gasteiger partial charge in [-0.15, -0.1) is 0 Å². The number of benzene rings is 1. The van der Waals surface area contributed by atoms with Gasteiger partial charge in [0.15, 0.2) is 0 Å². The molecule has 6 heteroatoms. The molecule has 0 saturated heterocycles. The minimum atomic E-state index is -1.28. The van der Waals surface area contributed by atoms with Gasteiger partial charge in [0.1, 0.15) is 17.8 Å². The monoisotopic (exact) mass is 252 g/mol. The Morgan fingerprint density at radius 3 is 2.61 bits per heavy atom. The van der Waals surface area contributed by atoms with Crippen molar-refractivity contribution in [1.82, 2.24) is 0 Å². The topological polar surface area (TPSA) is 111 Å². The molecule has 2 atom stereocenters. The fraction of sp³-hybridized carbons (Fsp3) is 0.250. The highest BCUT2D eigenvalue weighted by Gasteiger charge is 2.19. The van der Waals surface area contributed by atoms with Crippen molar-refractivity contribution < 1.29 is 29.6 Å². The van der Waals surface area contributed by atoms with Crippen molar-refractivity contribution in [1.29, 1.82) is 0 Å². The lowest BCUT2D eigenvalue weighted by Crippen LogP contribution is -2.21. The predicted octanol–water partition coefficient (Wildman–Crippen LogP) is 0.518. The summed E-state index contributed by atoms with van der Waals surface area (Å²) in [6.45, 7) is -0.565. The van der Waals surface area contributed by atoms with Gasteiger partial charge in [0.25, 0.3) is 0 Å². The van der Waals surface area contributed by atoms with Gasteiger partial charge in [-0.05, 0) is 23.8 Å². The zero-order chi connectivity index (χ0) is 13.3. The largest absolute Gasteiger partial charge is 0.475 e. The van der Waals surface area contributed by atoms with Crippen molar-refractivity contribution >= 4 is 16.9 Å². The number of aliphatic hydroxyl groups excluding tert-OH is 3. The van der Waals surface area contributed by atoms with Crippen LogP contribution in [0.5, 0.6) is 0 Å². The summed E-state index contributed by atoms with van der Waals surface area (Å²) < 4.78 is 5.06. The van der Waals surface area contributed by atoms with Crippen LogP contribution in [0, 0.1) is 0 Å². The zero-order valence-electron chi connectivity index (χ0n) is 9.28. The lowest BCUT2D eigenvalue weighted by Gasteiger charge is -2.15. The first-order valence-corrected chi connectivity index (χ1v) is 5.26. The Labute approximate surface area is 102 Å². The molecule has 2 rings (SSSR count). The molecule has 18 heavy (non-hydrogen) atoms. The second-order valence-electron chi connectivity index (χ2n) is 3.91. The standard InChI is InChI=1S/C12H12O6/c13-5-8(14)11(15)6-1-2-9-7(3-6)4-10(18-9)12(16)17/h1-4,8,11,13-15H,5H2,(H,16,17). The number of rotatable bonds is 4. The SMILES string of the molecule is O=C(O)c1cc2cc(C(O)C(O)CO)ccc2o1. The summed E-state index contributed by atoms with van der Waals surface area (Å²) in [5.41, 5.74) is 0.753. The number of carboxylic acids is 1. The van der Waals surface area contributed by atoms with E-state index >= 15 is 0 Å². The van der Waals surface area contributed by atoms with E-state index in [0.29, 0.717) is 16.5 Å². The third-order valence-electron chi connectivity index (χ3n) is 2.64. The molecule has 0 radical (unpaired) electrons. The van der Waals surface area contributed by atoms with Gasteiger partial charge in [0.05, 0.1) is 6.61 Å². The van der Waals surface area contributed by atoms with E-state index in [9.17, 15) is 15.0 Å². The quantitative estimate of drug-likeness (QED) is 0.631. The van der Waals surface area contributed by atoms with Gasteiger partial charge in [-0.1, -0.05) is 6.07 Å². The molecule has 0 spiro atoms. The lowest BCUT2D eigenvalue weighted by atomic mass is 10.0. The van der Waals surface area contributed by atoms with E-state index < -0.39 is 24.8 Å². The Morgan fingerprint density at radius 2 is 2.00 bits per heavy atom. The summed E-state index contributed by atoms with van der Waals surface area (Å²) in [6, 6.07) is 5.85. The highest BCUT2D eigenvalue weighted by Crippen LogP contribution is 2.25. The molecule has 1 heterocycles. The minimum absolute atomic E-state index is 0.195. The number of carbonyl (C=O) groups is 1. The smallest absolute Gasteiger partial charge is 0.371 e. The average molecular weight is 252 g/mol. The molecular weight excluding hydrogens is 240 g/mol. The number of hydrogen-bond donors (Lipinski definition) is 4. The van der Waals surface area contributed by atoms with Crippen LogP contribution >= 0.6 is 0 Å². The molecule has 0 aliphatic rings. The van der Waals surface area contributed by atoms with Crippen LogP contribution in [0.2, 0.25) is 0 Å². The molecule has 6 nitrogen and oxygen atoms in total. The Bertz CT molecular complexity index is 573. The second-order valence-corrected chi connectivity index (χ2v) is 3.91. The molecule has 96 valence electrons. The summed E-state index contributed by atoms with van der Waals surface area (Å²) in [5.74, 6) is -1.37. The van der Waals surface area contributed by atoms with Crippen LogP contribution in [-0.4, -0.2) is 39.1 Å². The first kappa shape index (κ1) is 12.6. The maximum atomic E-state index is 10.7. The summed E-state index contributed by atoms with van der Waals surface area (Å²) >= 11 is 0. The highest BCUT2D eigenvalue weighted by molar-refractivity contribution is 5.91. The average Bonchev–Trinajstić information content (AvgIpc) is 2.79. The fourth-order valence-corrected chi connectivity index (χ4v) is 1.67. The van der Waals surface area contributed by atoms with E-state index in [4.69, 9.17) is 14.6 Å². The molecule has 0 amide bonds. The predicted molar refractivity (Wildman–Crippen MR) is 61.2 cm³/mol. The summed E-state index contributed by atoms with van der Waals surface area (Å²) in [6.07, 6.45) is -2.52. The van der Waals surface area contributed by atoms with Gasteiger partial charge in [0.2, 0.25) is 5.76 Å². The van der Waals surface area contributed by atoms with Gasteiger partial charge in [0, 0.05) is 5.39 Å². The van der Waals surface area contributed by atoms with Crippen LogP contribution in [0.25, 0.3) is 11.0 Å². The molecule has 1 aromatic carbocycles. The molecule has 2 aromatic rings. The van der Waals surface area contributed by atoms with Crippen LogP contribution in [0.4, 0.5) is 0 Å². The molecular formula is C12H12O6. The normalized spacial score (nSPS) is 14.6. The molecule has 0 aliphatic heterocycles. The maximum Gasteiger partial charge on any atom is 0.371 e. The van der Waals surface area contributed by atoms with Crippen molar-refractivity contribution in [2.45, 2.75) is 12.2 Å². The van der Waals surface area contributed by atoms with E-state index in [1.165, 1.54) is 24.3 Å². The molecule has 0 aliphatic carbocycles. The van der Waals surface area contributed by atoms with Crippen molar-refractivity contribution in [3.05, 3.63) is 35.6 Å². The van der Waals surface area contributed by atoms with E-state index in [2.05, 4.69) is 0 Å². The Morgan fingerprint density at radius 1 is 1.28 bits per heavy atom. The third-order valence-corrected chi connectivity index (χ3v) is 2.64. The molecule has 0 bridgehead atoms. The highest BCUT2D eigenvalue weighted by atomic mass is 16.4. The van der Waals surface area contributed by atoms with Crippen molar-refractivity contribution in [2.24, 2.45) is 0 Å². The van der Waals surface area contributed by atoms with Gasteiger partial charge in [-0.3, -0.25) is 0 Å². The first-order valence-electron chi connectivity index (χ1n) is 5.26. The van der Waals surface area contributed by atoms with E-state index in [1.807, 2.05) is 0 Å². The number of furan rings is 1. The van der Waals surface area contributed by atoms with Gasteiger partial charge >= 0.3 is 5.97 Å². The molecule has 1 aromatic heterocycles. The fourth-order valence-electron chi connectivity index (χ4n) is 1.67. The van der Waals surface area contributed by atoms with E-state index in [1.54, 1.807) is 0 Å². The van der Waals surface area contributed by atoms with Crippen molar-refractivity contribution in [2.75, 3.05) is 6.61 Å². The lowest BCUT2D eigenvalue weighted by molar-refractivity contribution is -0.0152. The summed E-state index contributed by atoms with van der Waals surface area (Å²) in [5, 5.41) is 37.1. The molecule has 0 saturated carbocycles. The first-order chi connectivity index (χ1) is 8.52. The third kappa shape index (κ3) is 2.21. The van der Waals surface area contributed by atoms with E-state index in [0.717, 1.165) is 0 Å². The van der Waals surface area contributed by atoms with Crippen LogP contribution < -0.4 is 0 Å². The summed E-state index contributed by atoms with van der Waals surface area (Å²) in [4.78, 5) is 10.7. The van der Waals surface area contributed by atoms with E-state index in [-0.39, 0.29) is 5.76 Å². The van der Waals surface area contributed by atoms with Crippen LogP contribution in [0.15, 0.2) is 28.7 Å². The van der Waals surface area contributed by atoms with Gasteiger partial charge < -0.3 is 24.8 Å². The number of aliphatic hydroxyl groups is 3. The number of aromatic carboxylic acids is 1. The number of hydrogen-bond acceptors (Lipinski definition) is 5. The van der Waals surface area contributed by atoms with Crippen LogP contribution in [0.1, 0.15) is 22.2 Å². The molecule has 0 fully saturated rings. The Hall–Kier alpha value is -1.89. The summed E-state index contributed by atoms with van der Waals surface area (Å²) in [7, 11) is 0. The van der Waals surface area contributed by atoms with Crippen LogP contribution in [0.3, 0.4) is 0 Å². The zero-order valence-corrected chi connectivity index (χ0v) is 9.28. The van der Waals surface area contributed by atoms with Crippen molar-refractivity contribution in [3.63, 3.8) is 0 Å². The van der Waals surface area contributed by atoms with Crippen molar-refractivity contribution in [3.8, 4) is 0 Å². The van der Waals surface area contributed by atoms with Crippen LogP contribution in [-0.2, 0) is 0 Å². The number of fused-ring (bicyclic) bond motifs is 1. The maximum absolute atomic E-state index is 10.7. The molecule has 4 N–H and O–H groups in total. The Kier molecular flexibility index (Phi) is 3.33. The van der Waals surface area contributed by atoms with Gasteiger partial charge in [-0.2, -0.15) is 0 Å². The number of carboxylic acid groups (broad SMARTS) is 1. The second kappa shape index (κ2) is 4.77. The minimum Gasteiger partial charge on any atom is -0.475 e.